The summed E-state index contributed by atoms with van der Waals surface area (Å²) < 4.78 is 2.32. The maximum atomic E-state index is 2.32. The first-order chi connectivity index (χ1) is 11.2. The van der Waals surface area contributed by atoms with E-state index in [2.05, 4.69) is 85.3 Å². The second-order valence-corrected chi connectivity index (χ2v) is 6.42. The molecule has 0 bridgehead atoms. The van der Waals surface area contributed by atoms with Gasteiger partial charge in [-0.25, -0.2) is 0 Å². The Morgan fingerprint density at radius 3 is 2.09 bits per heavy atom. The first-order valence-corrected chi connectivity index (χ1v) is 8.03. The predicted octanol–water partition coefficient (Wildman–Crippen LogP) is 5.95. The maximum Gasteiger partial charge on any atom is 0.0495 e. The number of hydrogen-bond donors (Lipinski definition) is 0. The van der Waals surface area contributed by atoms with E-state index in [1.165, 1.54) is 48.9 Å². The predicted molar refractivity (Wildman–Crippen MR) is 100 cm³/mol. The Balaban J connectivity index is 2.17. The van der Waals surface area contributed by atoms with Gasteiger partial charge in [0.15, 0.2) is 0 Å². The third-order valence-electron chi connectivity index (χ3n) is 5.03. The lowest BCUT2D eigenvalue weighted by molar-refractivity contribution is 1.02. The largest absolute Gasteiger partial charge is 0.344 e. The number of nitrogens with zero attached hydrogens (tertiary/aromatic N) is 1. The van der Waals surface area contributed by atoms with E-state index in [4.69, 9.17) is 0 Å². The molecule has 5 aromatic rings. The summed E-state index contributed by atoms with van der Waals surface area (Å²) >= 11 is 0. The van der Waals surface area contributed by atoms with Crippen molar-refractivity contribution in [3.05, 3.63) is 72.3 Å². The third-order valence-corrected chi connectivity index (χ3v) is 5.03. The normalized spacial score (nSPS) is 11.9. The number of aryl methyl sites for hydroxylation is 2. The van der Waals surface area contributed by atoms with E-state index in [9.17, 15) is 0 Å². The van der Waals surface area contributed by atoms with Crippen LogP contribution in [0.3, 0.4) is 0 Å². The molecular weight excluding hydrogens is 278 g/mol. The van der Waals surface area contributed by atoms with Crippen LogP contribution < -0.4 is 0 Å². The monoisotopic (exact) mass is 295 g/mol. The molecule has 0 spiro atoms. The molecule has 0 saturated heterocycles. The summed E-state index contributed by atoms with van der Waals surface area (Å²) in [6, 6.07) is 24.4. The van der Waals surface area contributed by atoms with E-state index < -0.39 is 0 Å². The summed E-state index contributed by atoms with van der Waals surface area (Å²) in [4.78, 5) is 0. The first-order valence-electron chi connectivity index (χ1n) is 8.03. The average Bonchev–Trinajstić information content (AvgIpc) is 2.88. The summed E-state index contributed by atoms with van der Waals surface area (Å²) in [5.41, 5.74) is 3.90. The van der Waals surface area contributed by atoms with Gasteiger partial charge in [0.1, 0.15) is 0 Å². The molecule has 0 saturated carbocycles. The Hall–Kier alpha value is -2.80. The molecule has 0 unspecified atom stereocenters. The summed E-state index contributed by atoms with van der Waals surface area (Å²) in [5.74, 6) is 0. The van der Waals surface area contributed by atoms with Crippen molar-refractivity contribution in [3.63, 3.8) is 0 Å². The van der Waals surface area contributed by atoms with Gasteiger partial charge in [-0.15, -0.1) is 0 Å². The van der Waals surface area contributed by atoms with Crippen LogP contribution in [0.25, 0.3) is 43.4 Å². The van der Waals surface area contributed by atoms with Crippen LogP contribution in [0.1, 0.15) is 5.56 Å². The van der Waals surface area contributed by atoms with E-state index >= 15 is 0 Å². The van der Waals surface area contributed by atoms with Crippen LogP contribution in [-0.4, -0.2) is 4.57 Å². The highest BCUT2D eigenvalue weighted by molar-refractivity contribution is 6.27. The van der Waals surface area contributed by atoms with E-state index in [0.29, 0.717) is 0 Å². The third kappa shape index (κ3) is 1.62. The summed E-state index contributed by atoms with van der Waals surface area (Å²) in [6.07, 6.45) is 0. The zero-order valence-electron chi connectivity index (χ0n) is 13.3. The summed E-state index contributed by atoms with van der Waals surface area (Å²) in [6.45, 7) is 2.15. The molecular formula is C22H17N. The van der Waals surface area contributed by atoms with Gasteiger partial charge in [0.05, 0.1) is 0 Å². The SMILES string of the molecule is Cc1ccc2c(ccc3c2c2c4ccccc4ccc2n3C)c1. The Labute approximate surface area is 134 Å². The molecule has 0 atom stereocenters. The summed E-state index contributed by atoms with van der Waals surface area (Å²) in [7, 11) is 2.17. The fourth-order valence-electron chi connectivity index (χ4n) is 3.91. The van der Waals surface area contributed by atoms with Crippen molar-refractivity contribution >= 4 is 43.4 Å². The van der Waals surface area contributed by atoms with Crippen molar-refractivity contribution in [3.8, 4) is 0 Å². The van der Waals surface area contributed by atoms with Crippen LogP contribution in [0, 0.1) is 6.92 Å². The van der Waals surface area contributed by atoms with Gasteiger partial charge in [-0.1, -0.05) is 60.2 Å². The molecule has 0 fully saturated rings. The molecule has 23 heavy (non-hydrogen) atoms. The van der Waals surface area contributed by atoms with E-state index in [1.54, 1.807) is 0 Å². The first kappa shape index (κ1) is 12.7. The van der Waals surface area contributed by atoms with Crippen molar-refractivity contribution in [2.75, 3.05) is 0 Å². The van der Waals surface area contributed by atoms with Gasteiger partial charge in [-0.2, -0.15) is 0 Å². The lowest BCUT2D eigenvalue weighted by atomic mass is 9.99. The molecule has 5 rings (SSSR count). The van der Waals surface area contributed by atoms with Gasteiger partial charge in [0, 0.05) is 28.9 Å². The molecule has 0 radical (unpaired) electrons. The zero-order valence-corrected chi connectivity index (χ0v) is 13.3. The minimum atomic E-state index is 1.30. The van der Waals surface area contributed by atoms with Crippen LogP contribution in [0.5, 0.6) is 0 Å². The smallest absolute Gasteiger partial charge is 0.0495 e. The fourth-order valence-corrected chi connectivity index (χ4v) is 3.91. The number of benzene rings is 4. The molecule has 0 aliphatic heterocycles. The van der Waals surface area contributed by atoms with Gasteiger partial charge in [-0.3, -0.25) is 0 Å². The number of fused-ring (bicyclic) bond motifs is 7. The molecule has 0 aliphatic rings. The van der Waals surface area contributed by atoms with Gasteiger partial charge >= 0.3 is 0 Å². The molecule has 0 aliphatic carbocycles. The fraction of sp³-hybridized carbons (Fsp3) is 0.0909. The topological polar surface area (TPSA) is 4.93 Å². The maximum absolute atomic E-state index is 2.32. The Bertz CT molecular complexity index is 1220. The minimum absolute atomic E-state index is 1.30. The molecule has 4 aromatic carbocycles. The molecule has 1 nitrogen and oxygen atoms in total. The van der Waals surface area contributed by atoms with Crippen LogP contribution in [-0.2, 0) is 7.05 Å². The Morgan fingerprint density at radius 1 is 0.652 bits per heavy atom. The molecule has 0 N–H and O–H groups in total. The highest BCUT2D eigenvalue weighted by Crippen LogP contribution is 2.38. The molecule has 1 heteroatoms. The Morgan fingerprint density at radius 2 is 1.30 bits per heavy atom. The molecule has 110 valence electrons. The number of aromatic nitrogens is 1. The molecule has 1 heterocycles. The molecule has 1 aromatic heterocycles. The molecule has 0 amide bonds. The van der Waals surface area contributed by atoms with Crippen molar-refractivity contribution in [2.45, 2.75) is 6.92 Å². The second-order valence-electron chi connectivity index (χ2n) is 6.42. The number of rotatable bonds is 0. The average molecular weight is 295 g/mol. The summed E-state index contributed by atoms with van der Waals surface area (Å²) in [5, 5.41) is 8.04. The van der Waals surface area contributed by atoms with Crippen LogP contribution in [0.15, 0.2) is 66.7 Å². The van der Waals surface area contributed by atoms with E-state index in [1.807, 2.05) is 0 Å². The van der Waals surface area contributed by atoms with Crippen LogP contribution in [0.4, 0.5) is 0 Å². The van der Waals surface area contributed by atoms with Gasteiger partial charge in [-0.05, 0) is 40.6 Å². The lowest BCUT2D eigenvalue weighted by Crippen LogP contribution is -1.86. The van der Waals surface area contributed by atoms with Gasteiger partial charge in [0.2, 0.25) is 0 Å². The standard InChI is InChI=1S/C22H17N/c1-14-7-10-18-16(13-14)9-12-20-22(18)21-17-6-4-3-5-15(17)8-11-19(21)23(20)2/h3-13H,1-2H3. The highest BCUT2D eigenvalue weighted by Gasteiger charge is 2.13. The van der Waals surface area contributed by atoms with Crippen LogP contribution >= 0.6 is 0 Å². The zero-order chi connectivity index (χ0) is 15.6. The van der Waals surface area contributed by atoms with Gasteiger partial charge in [0.25, 0.3) is 0 Å². The number of hydrogen-bond acceptors (Lipinski definition) is 0. The van der Waals surface area contributed by atoms with Gasteiger partial charge < -0.3 is 4.57 Å². The Kier molecular flexibility index (Phi) is 2.41. The van der Waals surface area contributed by atoms with Crippen molar-refractivity contribution in [1.82, 2.24) is 4.57 Å². The van der Waals surface area contributed by atoms with E-state index in [0.717, 1.165) is 0 Å². The highest BCUT2D eigenvalue weighted by atomic mass is 14.9. The van der Waals surface area contributed by atoms with Crippen molar-refractivity contribution in [1.29, 1.82) is 0 Å². The van der Waals surface area contributed by atoms with E-state index in [-0.39, 0.29) is 0 Å². The lowest BCUT2D eigenvalue weighted by Gasteiger charge is -2.04. The second kappa shape index (κ2) is 4.36. The van der Waals surface area contributed by atoms with Crippen LogP contribution in [0.2, 0.25) is 0 Å². The van der Waals surface area contributed by atoms with Crippen molar-refractivity contribution < 1.29 is 0 Å². The minimum Gasteiger partial charge on any atom is -0.344 e. The quantitative estimate of drug-likeness (QED) is 0.333. The van der Waals surface area contributed by atoms with Crippen molar-refractivity contribution in [2.24, 2.45) is 7.05 Å².